The Hall–Kier alpha value is -2.87. The number of rotatable bonds is 6. The third-order valence-electron chi connectivity index (χ3n) is 5.62. The second kappa shape index (κ2) is 9.51. The minimum atomic E-state index is -0.109. The molecule has 1 N–H and O–H groups in total. The minimum absolute atomic E-state index is 0.00579. The van der Waals surface area contributed by atoms with Gasteiger partial charge < -0.3 is 15.0 Å². The molecule has 7 nitrogen and oxygen atoms in total. The summed E-state index contributed by atoms with van der Waals surface area (Å²) in [5.74, 6) is 0.943. The molecule has 4 rings (SSSR count). The monoisotopic (exact) mass is 484 g/mol. The fourth-order valence-electron chi connectivity index (χ4n) is 3.78. The van der Waals surface area contributed by atoms with Gasteiger partial charge in [0.05, 0.1) is 11.8 Å². The molecule has 2 amide bonds. The molecule has 0 unspecified atom stereocenters. The molecular formula is C23H25BrN4O3. The number of aryl methyl sites for hydroxylation is 1. The van der Waals surface area contributed by atoms with Gasteiger partial charge in [-0.1, -0.05) is 28.1 Å². The lowest BCUT2D eigenvalue weighted by atomic mass is 9.96. The number of fused-ring (bicyclic) bond motifs is 1. The van der Waals surface area contributed by atoms with E-state index in [1.807, 2.05) is 41.3 Å². The second-order valence-electron chi connectivity index (χ2n) is 7.88. The molecule has 2 heterocycles. The first-order valence-electron chi connectivity index (χ1n) is 10.3. The average Bonchev–Trinajstić information content (AvgIpc) is 3.22. The first-order chi connectivity index (χ1) is 15.0. The van der Waals surface area contributed by atoms with E-state index in [9.17, 15) is 9.59 Å². The molecule has 0 radical (unpaired) electrons. The van der Waals surface area contributed by atoms with Crippen molar-refractivity contribution in [2.45, 2.75) is 12.8 Å². The van der Waals surface area contributed by atoms with Crippen LogP contribution in [-0.4, -0.2) is 52.7 Å². The van der Waals surface area contributed by atoms with Gasteiger partial charge in [-0.15, -0.1) is 0 Å². The third kappa shape index (κ3) is 5.44. The third-order valence-corrected chi connectivity index (χ3v) is 6.11. The molecule has 0 spiro atoms. The van der Waals surface area contributed by atoms with Crippen LogP contribution in [0.2, 0.25) is 0 Å². The van der Waals surface area contributed by atoms with Crippen LogP contribution in [0.25, 0.3) is 10.8 Å². The summed E-state index contributed by atoms with van der Waals surface area (Å²) in [5, 5.41) is 9.17. The van der Waals surface area contributed by atoms with Crippen molar-refractivity contribution in [1.29, 1.82) is 0 Å². The normalized spacial score (nSPS) is 14.6. The number of piperidine rings is 1. The molecule has 1 aromatic heterocycles. The lowest BCUT2D eigenvalue weighted by Gasteiger charge is -2.32. The van der Waals surface area contributed by atoms with Gasteiger partial charge in [-0.2, -0.15) is 5.10 Å². The quantitative estimate of drug-likeness (QED) is 0.581. The Bertz CT molecular complexity index is 1090. The lowest BCUT2D eigenvalue weighted by Crippen LogP contribution is -2.43. The number of hydrogen-bond donors (Lipinski definition) is 1. The molecule has 1 saturated heterocycles. The molecule has 0 atom stereocenters. The first-order valence-corrected chi connectivity index (χ1v) is 11.1. The maximum absolute atomic E-state index is 12.6. The number of ether oxygens (including phenoxy) is 1. The topological polar surface area (TPSA) is 76.5 Å². The van der Waals surface area contributed by atoms with E-state index < -0.39 is 0 Å². The van der Waals surface area contributed by atoms with Gasteiger partial charge in [0.25, 0.3) is 11.8 Å². The Kier molecular flexibility index (Phi) is 6.56. The van der Waals surface area contributed by atoms with Crippen LogP contribution in [-0.2, 0) is 11.8 Å². The Morgan fingerprint density at radius 3 is 2.65 bits per heavy atom. The molecule has 162 valence electrons. The molecule has 1 aliphatic rings. The lowest BCUT2D eigenvalue weighted by molar-refractivity contribution is -0.134. The summed E-state index contributed by atoms with van der Waals surface area (Å²) >= 11 is 3.47. The summed E-state index contributed by atoms with van der Waals surface area (Å²) in [6, 6.07) is 11.9. The van der Waals surface area contributed by atoms with E-state index in [0.29, 0.717) is 36.9 Å². The van der Waals surface area contributed by atoms with Crippen molar-refractivity contribution in [3.8, 4) is 5.75 Å². The molecule has 1 aliphatic heterocycles. The van der Waals surface area contributed by atoms with Crippen molar-refractivity contribution in [2.24, 2.45) is 13.0 Å². The highest BCUT2D eigenvalue weighted by atomic mass is 79.9. The van der Waals surface area contributed by atoms with Gasteiger partial charge in [-0.3, -0.25) is 14.3 Å². The SMILES string of the molecule is Cn1cc(C(=O)NCC2CCN(C(=O)COc3ccc4cc(Br)ccc4c3)CC2)cn1. The summed E-state index contributed by atoms with van der Waals surface area (Å²) < 4.78 is 8.39. The zero-order valence-corrected chi connectivity index (χ0v) is 19.0. The predicted molar refractivity (Wildman–Crippen MR) is 122 cm³/mol. The molecule has 31 heavy (non-hydrogen) atoms. The Balaban J connectivity index is 1.21. The van der Waals surface area contributed by atoms with Gasteiger partial charge in [0.2, 0.25) is 0 Å². The Labute approximate surface area is 189 Å². The van der Waals surface area contributed by atoms with Gasteiger partial charge >= 0.3 is 0 Å². The van der Waals surface area contributed by atoms with Crippen molar-refractivity contribution >= 4 is 38.5 Å². The van der Waals surface area contributed by atoms with Crippen LogP contribution in [0.15, 0.2) is 53.3 Å². The van der Waals surface area contributed by atoms with Gasteiger partial charge in [-0.25, -0.2) is 0 Å². The van der Waals surface area contributed by atoms with E-state index >= 15 is 0 Å². The fourth-order valence-corrected chi connectivity index (χ4v) is 4.16. The number of likely N-dealkylation sites (tertiary alicyclic amines) is 1. The van der Waals surface area contributed by atoms with Crippen LogP contribution >= 0.6 is 15.9 Å². The molecule has 0 saturated carbocycles. The van der Waals surface area contributed by atoms with E-state index in [0.717, 1.165) is 28.1 Å². The predicted octanol–water partition coefficient (Wildman–Crippen LogP) is 3.38. The summed E-state index contributed by atoms with van der Waals surface area (Å²) in [6.07, 6.45) is 4.99. The van der Waals surface area contributed by atoms with Crippen molar-refractivity contribution in [3.63, 3.8) is 0 Å². The molecule has 2 aromatic carbocycles. The highest BCUT2D eigenvalue weighted by Gasteiger charge is 2.23. The fraction of sp³-hybridized carbons (Fsp3) is 0.348. The number of nitrogens with one attached hydrogen (secondary N) is 1. The zero-order chi connectivity index (χ0) is 21.8. The molecular weight excluding hydrogens is 460 g/mol. The van der Waals surface area contributed by atoms with Gasteiger partial charge in [0, 0.05) is 37.4 Å². The number of hydrogen-bond acceptors (Lipinski definition) is 4. The second-order valence-corrected chi connectivity index (χ2v) is 8.79. The largest absolute Gasteiger partial charge is 0.484 e. The maximum Gasteiger partial charge on any atom is 0.260 e. The summed E-state index contributed by atoms with van der Waals surface area (Å²) in [4.78, 5) is 26.5. The number of amides is 2. The van der Waals surface area contributed by atoms with E-state index in [-0.39, 0.29) is 18.4 Å². The van der Waals surface area contributed by atoms with Crippen molar-refractivity contribution in [1.82, 2.24) is 20.0 Å². The van der Waals surface area contributed by atoms with Gasteiger partial charge in [0.1, 0.15) is 5.75 Å². The van der Waals surface area contributed by atoms with E-state index in [2.05, 4.69) is 26.3 Å². The van der Waals surface area contributed by atoms with E-state index in [4.69, 9.17) is 4.74 Å². The highest BCUT2D eigenvalue weighted by molar-refractivity contribution is 9.10. The number of aromatic nitrogens is 2. The Morgan fingerprint density at radius 2 is 1.90 bits per heavy atom. The molecule has 0 aliphatic carbocycles. The van der Waals surface area contributed by atoms with Crippen LogP contribution in [0.3, 0.4) is 0 Å². The maximum atomic E-state index is 12.6. The van der Waals surface area contributed by atoms with Crippen molar-refractivity contribution < 1.29 is 14.3 Å². The van der Waals surface area contributed by atoms with Crippen LogP contribution in [0.5, 0.6) is 5.75 Å². The summed E-state index contributed by atoms with van der Waals surface area (Å²) in [5.41, 5.74) is 0.564. The molecule has 8 heteroatoms. The zero-order valence-electron chi connectivity index (χ0n) is 17.4. The van der Waals surface area contributed by atoms with Crippen LogP contribution in [0, 0.1) is 5.92 Å². The minimum Gasteiger partial charge on any atom is -0.484 e. The van der Waals surface area contributed by atoms with Gasteiger partial charge in [0.15, 0.2) is 6.61 Å². The molecule has 1 fully saturated rings. The molecule has 0 bridgehead atoms. The number of carbonyl (C=O) groups is 2. The number of halogens is 1. The summed E-state index contributed by atoms with van der Waals surface area (Å²) in [6.45, 7) is 2.01. The molecule has 3 aromatic rings. The van der Waals surface area contributed by atoms with Crippen molar-refractivity contribution in [2.75, 3.05) is 26.2 Å². The summed E-state index contributed by atoms with van der Waals surface area (Å²) in [7, 11) is 1.78. The van der Waals surface area contributed by atoms with E-state index in [1.165, 1.54) is 0 Å². The highest BCUT2D eigenvalue weighted by Crippen LogP contribution is 2.24. The van der Waals surface area contributed by atoms with E-state index in [1.54, 1.807) is 24.1 Å². The standard InChI is InChI=1S/C23H25BrN4O3/c1-27-14-19(13-26-27)23(30)25-12-16-6-8-28(9-7-16)22(29)15-31-21-5-3-17-10-20(24)4-2-18(17)11-21/h2-5,10-11,13-14,16H,6-9,12,15H2,1H3,(H,25,30). The van der Waals surface area contributed by atoms with Crippen molar-refractivity contribution in [3.05, 3.63) is 58.8 Å². The first kappa shape index (κ1) is 21.4. The van der Waals surface area contributed by atoms with Crippen LogP contribution in [0.4, 0.5) is 0 Å². The number of carbonyl (C=O) groups excluding carboxylic acids is 2. The smallest absolute Gasteiger partial charge is 0.260 e. The Morgan fingerprint density at radius 1 is 1.16 bits per heavy atom. The van der Waals surface area contributed by atoms with Crippen LogP contribution in [0.1, 0.15) is 23.2 Å². The number of nitrogens with zero attached hydrogens (tertiary/aromatic N) is 3. The number of benzene rings is 2. The van der Waals surface area contributed by atoms with Gasteiger partial charge in [-0.05, 0) is 53.8 Å². The van der Waals surface area contributed by atoms with Crippen LogP contribution < -0.4 is 10.1 Å². The average molecular weight is 485 g/mol.